The summed E-state index contributed by atoms with van der Waals surface area (Å²) >= 11 is 6.01. The van der Waals surface area contributed by atoms with Crippen molar-refractivity contribution in [1.82, 2.24) is 5.32 Å². The van der Waals surface area contributed by atoms with Crippen molar-refractivity contribution >= 4 is 23.5 Å². The van der Waals surface area contributed by atoms with Gasteiger partial charge in [0.05, 0.1) is 5.92 Å². The van der Waals surface area contributed by atoms with Crippen molar-refractivity contribution in [2.24, 2.45) is 11.8 Å². The number of nitrogens with one attached hydrogen (secondary N) is 1. The van der Waals surface area contributed by atoms with Crippen LogP contribution < -0.4 is 5.32 Å². The first-order chi connectivity index (χ1) is 9.99. The number of aryl methyl sites for hydroxylation is 1. The first-order valence-corrected chi connectivity index (χ1v) is 7.64. The lowest BCUT2D eigenvalue weighted by Gasteiger charge is -2.28. The molecule has 4 nitrogen and oxygen atoms in total. The van der Waals surface area contributed by atoms with E-state index < -0.39 is 5.97 Å². The second-order valence-electron chi connectivity index (χ2n) is 5.66. The van der Waals surface area contributed by atoms with Crippen molar-refractivity contribution in [3.8, 4) is 0 Å². The van der Waals surface area contributed by atoms with Gasteiger partial charge < -0.3 is 10.4 Å². The molecule has 0 spiro atoms. The Morgan fingerprint density at radius 2 is 2.05 bits per heavy atom. The zero-order valence-corrected chi connectivity index (χ0v) is 12.8. The van der Waals surface area contributed by atoms with Gasteiger partial charge in [-0.25, -0.2) is 0 Å². The van der Waals surface area contributed by atoms with Gasteiger partial charge in [0.1, 0.15) is 0 Å². The summed E-state index contributed by atoms with van der Waals surface area (Å²) in [7, 11) is 0. The van der Waals surface area contributed by atoms with E-state index in [9.17, 15) is 14.7 Å². The third-order valence-corrected chi connectivity index (χ3v) is 4.59. The zero-order chi connectivity index (χ0) is 15.4. The Bertz CT molecular complexity index is 544. The predicted molar refractivity (Wildman–Crippen MR) is 81.6 cm³/mol. The number of carbonyl (C=O) groups excluding carboxylic acids is 1. The number of rotatable bonds is 4. The normalized spacial score (nSPS) is 21.8. The maximum Gasteiger partial charge on any atom is 0.306 e. The number of benzene rings is 1. The highest BCUT2D eigenvalue weighted by Gasteiger charge is 2.30. The summed E-state index contributed by atoms with van der Waals surface area (Å²) in [4.78, 5) is 23.3. The van der Waals surface area contributed by atoms with Crippen LogP contribution in [0.15, 0.2) is 18.2 Å². The van der Waals surface area contributed by atoms with Crippen molar-refractivity contribution in [1.29, 1.82) is 0 Å². The average Bonchev–Trinajstić information content (AvgIpc) is 2.47. The molecule has 2 unspecified atom stereocenters. The molecule has 1 aromatic rings. The van der Waals surface area contributed by atoms with Crippen LogP contribution in [0.1, 0.15) is 41.6 Å². The lowest BCUT2D eigenvalue weighted by atomic mass is 9.79. The van der Waals surface area contributed by atoms with E-state index in [0.717, 1.165) is 24.8 Å². The summed E-state index contributed by atoms with van der Waals surface area (Å²) in [6.45, 7) is 2.28. The molecule has 0 aliphatic heterocycles. The molecule has 5 heteroatoms. The lowest BCUT2D eigenvalue weighted by molar-refractivity contribution is -0.144. The number of aliphatic carboxylic acids is 1. The van der Waals surface area contributed by atoms with E-state index >= 15 is 0 Å². The van der Waals surface area contributed by atoms with Gasteiger partial charge in [0.15, 0.2) is 0 Å². The third-order valence-electron chi connectivity index (χ3n) is 4.19. The van der Waals surface area contributed by atoms with Gasteiger partial charge in [-0.15, -0.1) is 0 Å². The lowest BCUT2D eigenvalue weighted by Crippen LogP contribution is -2.37. The molecule has 0 heterocycles. The van der Waals surface area contributed by atoms with E-state index in [1.807, 2.05) is 6.92 Å². The van der Waals surface area contributed by atoms with Crippen molar-refractivity contribution in [2.75, 3.05) is 6.54 Å². The van der Waals surface area contributed by atoms with Crippen LogP contribution in [0.25, 0.3) is 0 Å². The van der Waals surface area contributed by atoms with Crippen molar-refractivity contribution < 1.29 is 14.7 Å². The van der Waals surface area contributed by atoms with E-state index in [2.05, 4.69) is 5.32 Å². The van der Waals surface area contributed by atoms with Crippen molar-refractivity contribution in [2.45, 2.75) is 32.6 Å². The molecular weight excluding hydrogens is 290 g/mol. The summed E-state index contributed by atoms with van der Waals surface area (Å²) in [6, 6.07) is 5.17. The number of amides is 1. The quantitative estimate of drug-likeness (QED) is 0.897. The van der Waals surface area contributed by atoms with Crippen LogP contribution >= 0.6 is 11.6 Å². The van der Waals surface area contributed by atoms with Crippen LogP contribution in [0.5, 0.6) is 0 Å². The Morgan fingerprint density at radius 3 is 2.71 bits per heavy atom. The van der Waals surface area contributed by atoms with Gasteiger partial charge in [-0.05, 0) is 43.4 Å². The van der Waals surface area contributed by atoms with E-state index in [0.29, 0.717) is 23.6 Å². The molecule has 114 valence electrons. The monoisotopic (exact) mass is 309 g/mol. The van der Waals surface area contributed by atoms with E-state index in [4.69, 9.17) is 11.6 Å². The van der Waals surface area contributed by atoms with Gasteiger partial charge in [0, 0.05) is 17.1 Å². The Hall–Kier alpha value is -1.55. The summed E-state index contributed by atoms with van der Waals surface area (Å²) in [5.74, 6) is -1.29. The number of hydrogen-bond acceptors (Lipinski definition) is 2. The SMILES string of the molecule is Cc1ccc(C(=O)NCC2CCCCC2C(=O)O)cc1Cl. The molecule has 1 fully saturated rings. The molecule has 2 atom stereocenters. The van der Waals surface area contributed by atoms with E-state index in [1.165, 1.54) is 0 Å². The minimum Gasteiger partial charge on any atom is -0.481 e. The molecule has 1 aliphatic rings. The third kappa shape index (κ3) is 3.97. The maximum atomic E-state index is 12.1. The minimum atomic E-state index is -0.757. The van der Waals surface area contributed by atoms with Crippen LogP contribution in [-0.2, 0) is 4.79 Å². The highest BCUT2D eigenvalue weighted by molar-refractivity contribution is 6.31. The molecule has 0 saturated heterocycles. The van der Waals surface area contributed by atoms with E-state index in [1.54, 1.807) is 18.2 Å². The van der Waals surface area contributed by atoms with Gasteiger partial charge in [-0.2, -0.15) is 0 Å². The van der Waals surface area contributed by atoms with Gasteiger partial charge in [-0.3, -0.25) is 9.59 Å². The van der Waals surface area contributed by atoms with Crippen LogP contribution in [0.3, 0.4) is 0 Å². The number of carbonyl (C=O) groups is 2. The maximum absolute atomic E-state index is 12.1. The van der Waals surface area contributed by atoms with Crippen molar-refractivity contribution in [3.63, 3.8) is 0 Å². The standard InChI is InChI=1S/C16H20ClNO3/c1-10-6-7-11(8-14(10)17)15(19)18-9-12-4-2-3-5-13(12)16(20)21/h6-8,12-13H,2-5,9H2,1H3,(H,18,19)(H,20,21). The number of carboxylic acids is 1. The summed E-state index contributed by atoms with van der Waals surface area (Å²) in [5, 5.41) is 12.6. The molecule has 1 aromatic carbocycles. The Kier molecular flexibility index (Phi) is 5.23. The van der Waals surface area contributed by atoms with Crippen LogP contribution in [0.4, 0.5) is 0 Å². The van der Waals surface area contributed by atoms with Gasteiger partial charge in [0.25, 0.3) is 5.91 Å². The first kappa shape index (κ1) is 15.8. The van der Waals surface area contributed by atoms with Crippen LogP contribution in [0.2, 0.25) is 5.02 Å². The summed E-state index contributed by atoms with van der Waals surface area (Å²) < 4.78 is 0. The van der Waals surface area contributed by atoms with E-state index in [-0.39, 0.29) is 17.7 Å². The summed E-state index contributed by atoms with van der Waals surface area (Å²) in [5.41, 5.74) is 1.43. The second-order valence-corrected chi connectivity index (χ2v) is 6.07. The topological polar surface area (TPSA) is 66.4 Å². The summed E-state index contributed by atoms with van der Waals surface area (Å²) in [6.07, 6.45) is 3.54. The number of carboxylic acid groups (broad SMARTS) is 1. The van der Waals surface area contributed by atoms with Gasteiger partial charge in [0.2, 0.25) is 0 Å². The van der Waals surface area contributed by atoms with Crippen molar-refractivity contribution in [3.05, 3.63) is 34.3 Å². The highest BCUT2D eigenvalue weighted by atomic mass is 35.5. The molecule has 1 aliphatic carbocycles. The molecule has 0 radical (unpaired) electrons. The molecule has 2 N–H and O–H groups in total. The molecular formula is C16H20ClNO3. The Labute approximate surface area is 129 Å². The fourth-order valence-electron chi connectivity index (χ4n) is 2.84. The molecule has 1 saturated carbocycles. The number of hydrogen-bond donors (Lipinski definition) is 2. The fraction of sp³-hybridized carbons (Fsp3) is 0.500. The Balaban J connectivity index is 1.96. The first-order valence-electron chi connectivity index (χ1n) is 7.26. The van der Waals surface area contributed by atoms with Gasteiger partial charge >= 0.3 is 5.97 Å². The van der Waals surface area contributed by atoms with Crippen LogP contribution in [0, 0.1) is 18.8 Å². The predicted octanol–water partition coefficient (Wildman–Crippen LogP) is 3.27. The second kappa shape index (κ2) is 6.94. The zero-order valence-electron chi connectivity index (χ0n) is 12.1. The minimum absolute atomic E-state index is 0.0149. The average molecular weight is 310 g/mol. The Morgan fingerprint density at radius 1 is 1.33 bits per heavy atom. The number of halogens is 1. The van der Waals surface area contributed by atoms with Crippen LogP contribution in [-0.4, -0.2) is 23.5 Å². The largest absolute Gasteiger partial charge is 0.481 e. The molecule has 0 bridgehead atoms. The smallest absolute Gasteiger partial charge is 0.306 e. The highest BCUT2D eigenvalue weighted by Crippen LogP contribution is 2.29. The molecule has 0 aromatic heterocycles. The molecule has 21 heavy (non-hydrogen) atoms. The fourth-order valence-corrected chi connectivity index (χ4v) is 3.02. The molecule has 2 rings (SSSR count). The molecule has 1 amide bonds. The van der Waals surface area contributed by atoms with Gasteiger partial charge in [-0.1, -0.05) is 30.5 Å².